The van der Waals surface area contributed by atoms with Crippen LogP contribution in [0.2, 0.25) is 0 Å². The minimum atomic E-state index is -0.250. The zero-order valence-corrected chi connectivity index (χ0v) is 19.5. The molecule has 1 N–H and O–H groups in total. The first kappa shape index (κ1) is 23.0. The molecule has 0 aliphatic carbocycles. The summed E-state index contributed by atoms with van der Waals surface area (Å²) in [6.45, 7) is 8.34. The Kier molecular flexibility index (Phi) is 6.79. The van der Waals surface area contributed by atoms with E-state index in [0.29, 0.717) is 11.8 Å². The summed E-state index contributed by atoms with van der Waals surface area (Å²) in [5.41, 5.74) is 5.25. The minimum absolute atomic E-state index is 0.132. The van der Waals surface area contributed by atoms with E-state index in [-0.39, 0.29) is 18.4 Å². The first-order chi connectivity index (χ1) is 16.0. The first-order valence-corrected chi connectivity index (χ1v) is 11.6. The van der Waals surface area contributed by atoms with E-state index < -0.39 is 0 Å². The monoisotopic (exact) mass is 448 g/mol. The molecule has 7 heteroatoms. The third-order valence-corrected chi connectivity index (χ3v) is 7.02. The number of hydrogen-bond donors (Lipinski definition) is 1. The lowest BCUT2D eigenvalue weighted by atomic mass is 9.87. The van der Waals surface area contributed by atoms with Gasteiger partial charge in [0, 0.05) is 38.2 Å². The number of benzene rings is 2. The summed E-state index contributed by atoms with van der Waals surface area (Å²) in [6, 6.07) is 14.6. The van der Waals surface area contributed by atoms with E-state index in [0.717, 1.165) is 42.8 Å². The molecular formula is C26H32N4O3. The largest absolute Gasteiger partial charge is 0.483 e. The van der Waals surface area contributed by atoms with E-state index in [1.807, 2.05) is 29.8 Å². The SMILES string of the molecule is CCCN1C[C@H]2CN(C(=O)c3ccc4c(c3)ncn4C)[C@H](c3ccccc3C)[C@H]2C1.O=CO. The number of rotatable bonds is 4. The van der Waals surface area contributed by atoms with Crippen LogP contribution in [0.15, 0.2) is 48.8 Å². The number of aromatic nitrogens is 2. The number of hydrogen-bond acceptors (Lipinski definition) is 4. The summed E-state index contributed by atoms with van der Waals surface area (Å²) in [5, 5.41) is 6.89. The van der Waals surface area contributed by atoms with Crippen molar-refractivity contribution in [1.82, 2.24) is 19.4 Å². The molecule has 0 saturated carbocycles. The summed E-state index contributed by atoms with van der Waals surface area (Å²) in [7, 11) is 1.98. The Labute approximate surface area is 194 Å². The molecule has 0 bridgehead atoms. The van der Waals surface area contributed by atoms with Gasteiger partial charge in [0.1, 0.15) is 0 Å². The van der Waals surface area contributed by atoms with Gasteiger partial charge in [-0.2, -0.15) is 0 Å². The van der Waals surface area contributed by atoms with Crippen LogP contribution < -0.4 is 0 Å². The van der Waals surface area contributed by atoms with Gasteiger partial charge in [0.05, 0.1) is 23.4 Å². The van der Waals surface area contributed by atoms with Crippen LogP contribution in [-0.2, 0) is 11.8 Å². The van der Waals surface area contributed by atoms with Gasteiger partial charge in [-0.15, -0.1) is 0 Å². The molecule has 3 atom stereocenters. The minimum Gasteiger partial charge on any atom is -0.483 e. The second-order valence-electron chi connectivity index (χ2n) is 9.11. The number of carboxylic acid groups (broad SMARTS) is 1. The molecule has 2 saturated heterocycles. The maximum atomic E-state index is 13.7. The van der Waals surface area contributed by atoms with Gasteiger partial charge in [0.2, 0.25) is 0 Å². The maximum absolute atomic E-state index is 13.7. The molecule has 3 aromatic rings. The highest BCUT2D eigenvalue weighted by molar-refractivity contribution is 5.98. The number of likely N-dealkylation sites (tertiary alicyclic amines) is 2. The molecule has 2 fully saturated rings. The molecule has 174 valence electrons. The van der Waals surface area contributed by atoms with E-state index in [4.69, 9.17) is 9.90 Å². The van der Waals surface area contributed by atoms with Gasteiger partial charge in [0.25, 0.3) is 12.4 Å². The second kappa shape index (κ2) is 9.75. The van der Waals surface area contributed by atoms with Crippen LogP contribution in [0.25, 0.3) is 11.0 Å². The Bertz CT molecular complexity index is 1140. The number of imidazole rings is 1. The van der Waals surface area contributed by atoms with Crippen LogP contribution in [-0.4, -0.2) is 63.0 Å². The molecule has 5 rings (SSSR count). The van der Waals surface area contributed by atoms with Crippen molar-refractivity contribution < 1.29 is 14.7 Å². The predicted octanol–water partition coefficient (Wildman–Crippen LogP) is 3.74. The zero-order chi connectivity index (χ0) is 23.5. The summed E-state index contributed by atoms with van der Waals surface area (Å²) >= 11 is 0. The molecule has 3 heterocycles. The molecule has 1 amide bonds. The summed E-state index contributed by atoms with van der Waals surface area (Å²) in [5.74, 6) is 1.18. The third kappa shape index (κ3) is 4.37. The van der Waals surface area contributed by atoms with Crippen LogP contribution >= 0.6 is 0 Å². The van der Waals surface area contributed by atoms with Crippen LogP contribution in [0.1, 0.15) is 40.9 Å². The normalized spacial score (nSPS) is 22.2. The third-order valence-electron chi connectivity index (χ3n) is 7.02. The molecule has 33 heavy (non-hydrogen) atoms. The van der Waals surface area contributed by atoms with Gasteiger partial charge in [-0.05, 0) is 55.1 Å². The molecular weight excluding hydrogens is 416 g/mol. The van der Waals surface area contributed by atoms with Crippen LogP contribution in [0.3, 0.4) is 0 Å². The van der Waals surface area contributed by atoms with Crippen molar-refractivity contribution in [3.05, 3.63) is 65.5 Å². The standard InChI is InChI=1S/C25H30N4O.CH2O2/c1-4-11-28-13-19-14-29(24(21(19)15-28)20-8-6-5-7-17(20)2)25(30)18-9-10-23-22(12-18)26-16-27(23)3;2-1-3/h5-10,12,16,19,21,24H,4,11,13-15H2,1-3H3;1H,(H,2,3)/t19-,21-,24+;/m0./s1. The average molecular weight is 449 g/mol. The molecule has 2 aliphatic heterocycles. The fraction of sp³-hybridized carbons (Fsp3) is 0.423. The number of nitrogens with zero attached hydrogens (tertiary/aromatic N) is 4. The Morgan fingerprint density at radius 1 is 1.18 bits per heavy atom. The predicted molar refractivity (Wildman–Crippen MR) is 128 cm³/mol. The quantitative estimate of drug-likeness (QED) is 0.615. The molecule has 1 aromatic heterocycles. The summed E-state index contributed by atoms with van der Waals surface area (Å²) in [4.78, 5) is 31.3. The van der Waals surface area contributed by atoms with Crippen molar-refractivity contribution in [2.45, 2.75) is 26.3 Å². The van der Waals surface area contributed by atoms with Gasteiger partial charge < -0.3 is 19.5 Å². The number of amides is 1. The summed E-state index contributed by atoms with van der Waals surface area (Å²) in [6.07, 6.45) is 2.98. The van der Waals surface area contributed by atoms with E-state index in [1.54, 1.807) is 6.33 Å². The topological polar surface area (TPSA) is 78.7 Å². The zero-order valence-electron chi connectivity index (χ0n) is 19.5. The van der Waals surface area contributed by atoms with Crippen LogP contribution in [0.5, 0.6) is 0 Å². The van der Waals surface area contributed by atoms with Gasteiger partial charge in [-0.3, -0.25) is 9.59 Å². The van der Waals surface area contributed by atoms with Crippen LogP contribution in [0.4, 0.5) is 0 Å². The highest BCUT2D eigenvalue weighted by Gasteiger charge is 2.49. The Balaban J connectivity index is 0.000000821. The number of fused-ring (bicyclic) bond motifs is 2. The second-order valence-corrected chi connectivity index (χ2v) is 9.11. The van der Waals surface area contributed by atoms with Gasteiger partial charge in [-0.1, -0.05) is 31.2 Å². The Morgan fingerprint density at radius 2 is 1.94 bits per heavy atom. The van der Waals surface area contributed by atoms with Crippen molar-refractivity contribution in [2.24, 2.45) is 18.9 Å². The highest BCUT2D eigenvalue weighted by atomic mass is 16.3. The van der Waals surface area contributed by atoms with Crippen LogP contribution in [0, 0.1) is 18.8 Å². The number of aryl methyl sites for hydroxylation is 2. The van der Waals surface area contributed by atoms with Crippen molar-refractivity contribution in [3.8, 4) is 0 Å². The van der Waals surface area contributed by atoms with Crippen molar-refractivity contribution in [2.75, 3.05) is 26.2 Å². The Hall–Kier alpha value is -3.19. The highest BCUT2D eigenvalue weighted by Crippen LogP contribution is 2.46. The lowest BCUT2D eigenvalue weighted by Crippen LogP contribution is -2.36. The number of carbonyl (C=O) groups excluding carboxylic acids is 1. The molecule has 0 spiro atoms. The molecule has 0 radical (unpaired) electrons. The van der Waals surface area contributed by atoms with Crippen molar-refractivity contribution in [3.63, 3.8) is 0 Å². The molecule has 2 aromatic carbocycles. The van der Waals surface area contributed by atoms with Gasteiger partial charge in [0.15, 0.2) is 0 Å². The fourth-order valence-corrected chi connectivity index (χ4v) is 5.60. The van der Waals surface area contributed by atoms with Gasteiger partial charge in [-0.25, -0.2) is 4.98 Å². The smallest absolute Gasteiger partial charge is 0.290 e. The lowest BCUT2D eigenvalue weighted by molar-refractivity contribution is -0.122. The van der Waals surface area contributed by atoms with E-state index in [9.17, 15) is 4.79 Å². The maximum Gasteiger partial charge on any atom is 0.290 e. The fourth-order valence-electron chi connectivity index (χ4n) is 5.60. The van der Waals surface area contributed by atoms with E-state index >= 15 is 0 Å². The molecule has 7 nitrogen and oxygen atoms in total. The van der Waals surface area contributed by atoms with E-state index in [2.05, 4.69) is 52.9 Å². The summed E-state index contributed by atoms with van der Waals surface area (Å²) < 4.78 is 1.99. The Morgan fingerprint density at radius 3 is 2.67 bits per heavy atom. The van der Waals surface area contributed by atoms with Crippen molar-refractivity contribution >= 4 is 23.4 Å². The van der Waals surface area contributed by atoms with E-state index in [1.165, 1.54) is 17.5 Å². The molecule has 0 unspecified atom stereocenters. The van der Waals surface area contributed by atoms with Gasteiger partial charge >= 0.3 is 0 Å². The number of carbonyl (C=O) groups is 2. The lowest BCUT2D eigenvalue weighted by Gasteiger charge is -2.31. The molecule has 2 aliphatic rings. The van der Waals surface area contributed by atoms with Crippen molar-refractivity contribution in [1.29, 1.82) is 0 Å². The average Bonchev–Trinajstić information content (AvgIpc) is 3.47. The first-order valence-electron chi connectivity index (χ1n) is 11.6.